The summed E-state index contributed by atoms with van der Waals surface area (Å²) < 4.78 is 0. The summed E-state index contributed by atoms with van der Waals surface area (Å²) in [5, 5.41) is 8.34. The molecule has 0 amide bonds. The van der Waals surface area contributed by atoms with E-state index < -0.39 is 5.97 Å². The van der Waals surface area contributed by atoms with Gasteiger partial charge in [-0.2, -0.15) is 0 Å². The van der Waals surface area contributed by atoms with Crippen molar-refractivity contribution < 1.29 is 9.90 Å². The monoisotopic (exact) mass is 159 g/mol. The van der Waals surface area contributed by atoms with Gasteiger partial charge in [0.2, 0.25) is 0 Å². The smallest absolute Gasteiger partial charge is 0.330 e. The zero-order valence-electron chi connectivity index (χ0n) is 7.42. The molecule has 0 atom stereocenters. The van der Waals surface area contributed by atoms with Gasteiger partial charge in [0.1, 0.15) is 0 Å². The summed E-state index contributed by atoms with van der Waals surface area (Å²) in [6.45, 7) is 3.63. The van der Waals surface area contributed by atoms with Gasteiger partial charge in [-0.15, -0.1) is 0 Å². The van der Waals surface area contributed by atoms with Crippen molar-refractivity contribution in [2.75, 3.05) is 7.05 Å². The van der Waals surface area contributed by atoms with Crippen molar-refractivity contribution in [3.8, 4) is 0 Å². The molecule has 0 radical (unpaired) electrons. The van der Waals surface area contributed by atoms with Crippen molar-refractivity contribution in [1.29, 1.82) is 0 Å². The van der Waals surface area contributed by atoms with Crippen LogP contribution in [0.25, 0.3) is 0 Å². The zero-order valence-corrected chi connectivity index (χ0v) is 7.42. The van der Waals surface area contributed by atoms with E-state index in [1.165, 1.54) is 7.05 Å². The number of hydrogen-bond acceptors (Lipinski definition) is 2. The molecule has 0 aromatic rings. The molecule has 0 bridgehead atoms. The summed E-state index contributed by atoms with van der Waals surface area (Å²) in [5.41, 5.74) is 4.94. The van der Waals surface area contributed by atoms with Crippen LogP contribution in [-0.4, -0.2) is 18.1 Å². The first kappa shape index (κ1) is 12.8. The van der Waals surface area contributed by atoms with Gasteiger partial charge < -0.3 is 10.8 Å². The Morgan fingerprint density at radius 3 is 2.27 bits per heavy atom. The maximum absolute atomic E-state index is 10.1. The van der Waals surface area contributed by atoms with Crippen molar-refractivity contribution in [2.45, 2.75) is 26.7 Å². The van der Waals surface area contributed by atoms with Gasteiger partial charge >= 0.3 is 5.97 Å². The lowest BCUT2D eigenvalue weighted by atomic mass is 10.2. The summed E-state index contributed by atoms with van der Waals surface area (Å²) in [4.78, 5) is 10.1. The number of carboxylic acid groups (broad SMARTS) is 1. The van der Waals surface area contributed by atoms with Crippen molar-refractivity contribution in [3.63, 3.8) is 0 Å². The number of aliphatic carboxylic acids is 1. The minimum Gasteiger partial charge on any atom is -0.478 e. The Balaban J connectivity index is 0. The first-order valence-electron chi connectivity index (χ1n) is 3.66. The van der Waals surface area contributed by atoms with Crippen LogP contribution in [0.2, 0.25) is 0 Å². The Morgan fingerprint density at radius 1 is 1.55 bits per heavy atom. The summed E-state index contributed by atoms with van der Waals surface area (Å²) in [6.07, 6.45) is 3.60. The van der Waals surface area contributed by atoms with E-state index in [0.717, 1.165) is 12.8 Å². The Bertz CT molecular complexity index is 130. The second kappa shape index (κ2) is 9.17. The third-order valence-corrected chi connectivity index (χ3v) is 1.08. The van der Waals surface area contributed by atoms with Gasteiger partial charge in [0.25, 0.3) is 0 Å². The normalized spacial score (nSPS) is 10.0. The molecule has 66 valence electrons. The largest absolute Gasteiger partial charge is 0.478 e. The van der Waals surface area contributed by atoms with Crippen LogP contribution < -0.4 is 5.73 Å². The highest BCUT2D eigenvalue weighted by Crippen LogP contribution is 1.96. The number of unbranched alkanes of at least 4 members (excludes halogenated alkanes) is 1. The van der Waals surface area contributed by atoms with Crippen LogP contribution in [0.1, 0.15) is 26.7 Å². The molecule has 0 spiro atoms. The van der Waals surface area contributed by atoms with Gasteiger partial charge in [-0.3, -0.25) is 0 Å². The highest BCUT2D eigenvalue weighted by Gasteiger charge is 1.95. The molecule has 11 heavy (non-hydrogen) atoms. The fourth-order valence-electron chi connectivity index (χ4n) is 0.448. The highest BCUT2D eigenvalue weighted by atomic mass is 16.4. The molecular weight excluding hydrogens is 142 g/mol. The molecule has 3 heteroatoms. The third kappa shape index (κ3) is 9.17. The second-order valence-electron chi connectivity index (χ2n) is 1.98. The quantitative estimate of drug-likeness (QED) is 0.612. The maximum atomic E-state index is 10.1. The van der Waals surface area contributed by atoms with Crippen LogP contribution >= 0.6 is 0 Å². The molecule has 0 saturated carbocycles. The van der Waals surface area contributed by atoms with E-state index in [-0.39, 0.29) is 0 Å². The Morgan fingerprint density at radius 2 is 2.00 bits per heavy atom. The fourth-order valence-corrected chi connectivity index (χ4v) is 0.448. The van der Waals surface area contributed by atoms with Gasteiger partial charge in [0.05, 0.1) is 0 Å². The molecule has 0 fully saturated rings. The predicted octanol–water partition coefficient (Wildman–Crippen LogP) is 1.39. The maximum Gasteiger partial charge on any atom is 0.330 e. The number of allylic oxidation sites excluding steroid dienone is 1. The molecule has 0 aliphatic rings. The van der Waals surface area contributed by atoms with E-state index in [0.29, 0.717) is 5.57 Å². The SMILES string of the molecule is CCCC=C(C)C(=O)O.CN. The molecule has 0 saturated heterocycles. The molecule has 0 unspecified atom stereocenters. The average molecular weight is 159 g/mol. The molecular formula is C8H17NO2. The van der Waals surface area contributed by atoms with E-state index in [1.807, 2.05) is 6.92 Å². The number of nitrogens with two attached hydrogens (primary N) is 1. The predicted molar refractivity (Wildman–Crippen MR) is 46.4 cm³/mol. The van der Waals surface area contributed by atoms with Crippen LogP contribution in [0, 0.1) is 0 Å². The van der Waals surface area contributed by atoms with Gasteiger partial charge in [-0.05, 0) is 20.4 Å². The van der Waals surface area contributed by atoms with E-state index in [2.05, 4.69) is 5.73 Å². The van der Waals surface area contributed by atoms with E-state index in [9.17, 15) is 4.79 Å². The van der Waals surface area contributed by atoms with E-state index in [1.54, 1.807) is 13.0 Å². The van der Waals surface area contributed by atoms with Crippen LogP contribution in [-0.2, 0) is 4.79 Å². The molecule has 0 aromatic heterocycles. The van der Waals surface area contributed by atoms with Gasteiger partial charge in [-0.25, -0.2) is 4.79 Å². The van der Waals surface area contributed by atoms with Gasteiger partial charge in [0, 0.05) is 5.57 Å². The van der Waals surface area contributed by atoms with Crippen molar-refractivity contribution in [1.82, 2.24) is 0 Å². The molecule has 3 nitrogen and oxygen atoms in total. The first-order valence-corrected chi connectivity index (χ1v) is 3.66. The number of rotatable bonds is 3. The zero-order chi connectivity index (χ0) is 9.28. The minimum absolute atomic E-state index is 0.442. The molecule has 0 aliphatic carbocycles. The van der Waals surface area contributed by atoms with Gasteiger partial charge in [0.15, 0.2) is 0 Å². The Labute approximate surface area is 67.9 Å². The number of hydrogen-bond donors (Lipinski definition) is 2. The molecule has 3 N–H and O–H groups in total. The average Bonchev–Trinajstić information content (AvgIpc) is 2.03. The molecule has 0 rings (SSSR count). The van der Waals surface area contributed by atoms with Crippen LogP contribution in [0.3, 0.4) is 0 Å². The molecule has 0 aromatic carbocycles. The summed E-state index contributed by atoms with van der Waals surface area (Å²) >= 11 is 0. The minimum atomic E-state index is -0.816. The lowest BCUT2D eigenvalue weighted by Gasteiger charge is -1.89. The molecule has 0 aliphatic heterocycles. The lowest BCUT2D eigenvalue weighted by molar-refractivity contribution is -0.132. The number of carboxylic acids is 1. The number of carbonyl (C=O) groups is 1. The van der Waals surface area contributed by atoms with Crippen molar-refractivity contribution in [2.24, 2.45) is 5.73 Å². The third-order valence-electron chi connectivity index (χ3n) is 1.08. The van der Waals surface area contributed by atoms with E-state index in [4.69, 9.17) is 5.11 Å². The Kier molecular flexibility index (Phi) is 10.7. The Hall–Kier alpha value is -0.830. The molecule has 0 heterocycles. The highest BCUT2D eigenvalue weighted by molar-refractivity contribution is 5.85. The topological polar surface area (TPSA) is 63.3 Å². The van der Waals surface area contributed by atoms with Crippen LogP contribution in [0.15, 0.2) is 11.6 Å². The van der Waals surface area contributed by atoms with Crippen LogP contribution in [0.4, 0.5) is 0 Å². The van der Waals surface area contributed by atoms with Gasteiger partial charge in [-0.1, -0.05) is 19.4 Å². The second-order valence-corrected chi connectivity index (χ2v) is 1.98. The van der Waals surface area contributed by atoms with Crippen molar-refractivity contribution in [3.05, 3.63) is 11.6 Å². The van der Waals surface area contributed by atoms with Crippen molar-refractivity contribution >= 4 is 5.97 Å². The lowest BCUT2D eigenvalue weighted by Crippen LogP contribution is -1.95. The summed E-state index contributed by atoms with van der Waals surface area (Å²) in [5.74, 6) is -0.816. The fraction of sp³-hybridized carbons (Fsp3) is 0.625. The summed E-state index contributed by atoms with van der Waals surface area (Å²) in [7, 11) is 1.50. The van der Waals surface area contributed by atoms with E-state index >= 15 is 0 Å². The summed E-state index contributed by atoms with van der Waals surface area (Å²) in [6, 6.07) is 0. The van der Waals surface area contributed by atoms with Crippen LogP contribution in [0.5, 0.6) is 0 Å². The standard InChI is InChI=1S/C7H12O2.CH5N/c1-3-4-5-6(2)7(8)9;1-2/h5H,3-4H2,1-2H3,(H,8,9);2H2,1H3. The first-order chi connectivity index (χ1) is 5.18.